The van der Waals surface area contributed by atoms with Crippen molar-refractivity contribution in [2.24, 2.45) is 0 Å². The Morgan fingerprint density at radius 1 is 0.571 bits per heavy atom. The molecule has 14 heavy (non-hydrogen) atoms. The van der Waals surface area contributed by atoms with Crippen LogP contribution in [0.1, 0.15) is 81.1 Å². The van der Waals surface area contributed by atoms with Gasteiger partial charge in [0.1, 0.15) is 0 Å². The lowest BCUT2D eigenvalue weighted by atomic mass is 10.4. The first-order valence-corrected chi connectivity index (χ1v) is 6.24. The molecule has 0 saturated heterocycles. The van der Waals surface area contributed by atoms with E-state index in [2.05, 4.69) is 54.7 Å². The monoisotopic (exact) mass is 204 g/mol. The van der Waals surface area contributed by atoms with Crippen molar-refractivity contribution < 1.29 is 0 Å². The van der Waals surface area contributed by atoms with Crippen molar-refractivity contribution >= 4 is 0 Å². The molecular weight excluding hydrogens is 168 g/mol. The molecule has 92 valence electrons. The standard InChI is InChI=1S/C4H10.2C3H8.C2H6.C2H4/c1-3-4-2;2*1-3-2;2*1-2/h3-4H2,1-2H3;2*3H2,1-2H3;1-2H3;1-2H2. The van der Waals surface area contributed by atoms with Crippen molar-refractivity contribution in [1.82, 2.24) is 0 Å². The molecule has 0 bridgehead atoms. The Morgan fingerprint density at radius 3 is 0.643 bits per heavy atom. The van der Waals surface area contributed by atoms with Crippen molar-refractivity contribution in [2.45, 2.75) is 81.1 Å². The Bertz CT molecular complexity index is 19.2. The highest BCUT2D eigenvalue weighted by Crippen LogP contribution is 1.76. The molecule has 0 rings (SSSR count). The predicted octanol–water partition coefficient (Wildman–Crippen LogP) is 6.47. The Kier molecular flexibility index (Phi) is 262. The molecule has 0 heteroatoms. The van der Waals surface area contributed by atoms with Crippen molar-refractivity contribution in [2.75, 3.05) is 0 Å². The van der Waals surface area contributed by atoms with Crippen molar-refractivity contribution in [1.29, 1.82) is 0 Å². The van der Waals surface area contributed by atoms with Crippen LogP contribution >= 0.6 is 0 Å². The van der Waals surface area contributed by atoms with Crippen LogP contribution in [0, 0.1) is 0 Å². The summed E-state index contributed by atoms with van der Waals surface area (Å²) in [5.41, 5.74) is 0. The van der Waals surface area contributed by atoms with Crippen LogP contribution in [0.2, 0.25) is 0 Å². The van der Waals surface area contributed by atoms with E-state index in [1.54, 1.807) is 0 Å². The van der Waals surface area contributed by atoms with Gasteiger partial charge in [-0.3, -0.25) is 0 Å². The van der Waals surface area contributed by atoms with Gasteiger partial charge in [-0.15, -0.1) is 13.2 Å². The third-order valence-electron chi connectivity index (χ3n) is 0.500. The topological polar surface area (TPSA) is 0 Å². The molecule has 0 atom stereocenters. The summed E-state index contributed by atoms with van der Waals surface area (Å²) >= 11 is 0. The molecule has 0 aliphatic carbocycles. The van der Waals surface area contributed by atoms with Gasteiger partial charge in [0.2, 0.25) is 0 Å². The molecule has 0 unspecified atom stereocenters. The number of hydrogen-bond donors (Lipinski definition) is 0. The fraction of sp³-hybridized carbons (Fsp3) is 0.857. The molecule has 0 radical (unpaired) electrons. The van der Waals surface area contributed by atoms with Gasteiger partial charge in [0.15, 0.2) is 0 Å². The maximum atomic E-state index is 3.00. The molecule has 0 spiro atoms. The molecule has 0 saturated carbocycles. The average Bonchev–Trinajstić information content (AvgIpc) is 2.26. The largest absolute Gasteiger partial charge is 0.106 e. The Balaban J connectivity index is -0.0000000249. The molecule has 0 heterocycles. The first kappa shape index (κ1) is 29.2. The van der Waals surface area contributed by atoms with Crippen LogP contribution in [0.5, 0.6) is 0 Å². The highest BCUT2D eigenvalue weighted by Gasteiger charge is 1.56. The molecular formula is C14H36. The zero-order chi connectivity index (χ0) is 12.8. The maximum absolute atomic E-state index is 3.00. The molecule has 0 aliphatic rings. The molecule has 0 N–H and O–H groups in total. The van der Waals surface area contributed by atoms with Gasteiger partial charge in [-0.25, -0.2) is 0 Å². The maximum Gasteiger partial charge on any atom is -0.0564 e. The summed E-state index contributed by atoms with van der Waals surface area (Å²) in [4.78, 5) is 0. The first-order valence-electron chi connectivity index (χ1n) is 6.24. The molecule has 0 aromatic carbocycles. The van der Waals surface area contributed by atoms with Gasteiger partial charge in [-0.1, -0.05) is 81.1 Å². The zero-order valence-corrected chi connectivity index (χ0v) is 12.2. The second kappa shape index (κ2) is 126. The molecule has 0 fully saturated rings. The third kappa shape index (κ3) is 2470. The van der Waals surface area contributed by atoms with Gasteiger partial charge in [0.25, 0.3) is 0 Å². The van der Waals surface area contributed by atoms with Crippen molar-refractivity contribution in [3.05, 3.63) is 13.2 Å². The van der Waals surface area contributed by atoms with Gasteiger partial charge in [0, 0.05) is 0 Å². The van der Waals surface area contributed by atoms with Gasteiger partial charge in [0.05, 0.1) is 0 Å². The van der Waals surface area contributed by atoms with Crippen LogP contribution in [-0.4, -0.2) is 0 Å². The molecule has 0 aromatic heterocycles. The van der Waals surface area contributed by atoms with E-state index in [1.807, 2.05) is 13.8 Å². The second-order valence-corrected chi connectivity index (χ2v) is 2.41. The normalized spacial score (nSPS) is 5.43. The quantitative estimate of drug-likeness (QED) is 0.429. The minimum absolute atomic E-state index is 1.25. The van der Waals surface area contributed by atoms with Crippen molar-refractivity contribution in [3.63, 3.8) is 0 Å². The van der Waals surface area contributed by atoms with Crippen LogP contribution in [0.4, 0.5) is 0 Å². The van der Waals surface area contributed by atoms with E-state index in [9.17, 15) is 0 Å². The Hall–Kier alpha value is -0.260. The fourth-order valence-electron chi connectivity index (χ4n) is 0. The highest BCUT2D eigenvalue weighted by atomic mass is 13.6. The van der Waals surface area contributed by atoms with E-state index in [0.717, 1.165) is 0 Å². The second-order valence-electron chi connectivity index (χ2n) is 2.41. The Morgan fingerprint density at radius 2 is 0.643 bits per heavy atom. The van der Waals surface area contributed by atoms with Gasteiger partial charge >= 0.3 is 0 Å². The summed E-state index contributed by atoms with van der Waals surface area (Å²) in [7, 11) is 0. The fourth-order valence-corrected chi connectivity index (χ4v) is 0. The predicted molar refractivity (Wildman–Crippen MR) is 75.1 cm³/mol. The van der Waals surface area contributed by atoms with E-state index < -0.39 is 0 Å². The lowest BCUT2D eigenvalue weighted by Gasteiger charge is -1.68. The van der Waals surface area contributed by atoms with Gasteiger partial charge < -0.3 is 0 Å². The molecule has 0 nitrogen and oxygen atoms in total. The van der Waals surface area contributed by atoms with Crippen LogP contribution in [-0.2, 0) is 0 Å². The average molecular weight is 204 g/mol. The molecule has 0 aliphatic heterocycles. The van der Waals surface area contributed by atoms with E-state index in [1.165, 1.54) is 25.7 Å². The minimum atomic E-state index is 1.25. The molecule has 0 amide bonds. The van der Waals surface area contributed by atoms with Gasteiger partial charge in [-0.2, -0.15) is 0 Å². The SMILES string of the molecule is C=C.CC.CCC.CCC.CCCC. The van der Waals surface area contributed by atoms with Crippen LogP contribution in [0.3, 0.4) is 0 Å². The summed E-state index contributed by atoms with van der Waals surface area (Å²) in [5.74, 6) is 0. The lowest BCUT2D eigenvalue weighted by Crippen LogP contribution is -1.47. The summed E-state index contributed by atoms with van der Waals surface area (Å²) in [6.45, 7) is 22.9. The minimum Gasteiger partial charge on any atom is -0.106 e. The van der Waals surface area contributed by atoms with E-state index >= 15 is 0 Å². The van der Waals surface area contributed by atoms with Crippen molar-refractivity contribution in [3.8, 4) is 0 Å². The highest BCUT2D eigenvalue weighted by molar-refractivity contribution is 4.22. The van der Waals surface area contributed by atoms with E-state index in [4.69, 9.17) is 0 Å². The lowest BCUT2D eigenvalue weighted by molar-refractivity contribution is 0.886. The zero-order valence-electron chi connectivity index (χ0n) is 12.2. The number of unbranched alkanes of at least 4 members (excludes halogenated alkanes) is 1. The first-order chi connectivity index (χ1) is 6.74. The van der Waals surface area contributed by atoms with Crippen LogP contribution in [0.15, 0.2) is 13.2 Å². The third-order valence-corrected chi connectivity index (χ3v) is 0.500. The van der Waals surface area contributed by atoms with Crippen LogP contribution < -0.4 is 0 Å². The van der Waals surface area contributed by atoms with Gasteiger partial charge in [-0.05, 0) is 0 Å². The molecule has 0 aromatic rings. The number of rotatable bonds is 1. The summed E-state index contributed by atoms with van der Waals surface area (Å²) < 4.78 is 0. The summed E-state index contributed by atoms with van der Waals surface area (Å²) in [6.07, 6.45) is 5.14. The number of hydrogen-bond acceptors (Lipinski definition) is 0. The smallest absolute Gasteiger partial charge is 0.0564 e. The summed E-state index contributed by atoms with van der Waals surface area (Å²) in [5, 5.41) is 0. The van der Waals surface area contributed by atoms with E-state index in [-0.39, 0.29) is 0 Å². The Labute approximate surface area is 94.8 Å². The van der Waals surface area contributed by atoms with E-state index in [0.29, 0.717) is 0 Å². The summed E-state index contributed by atoms with van der Waals surface area (Å²) in [6, 6.07) is 0. The van der Waals surface area contributed by atoms with Crippen LogP contribution in [0.25, 0.3) is 0 Å².